The summed E-state index contributed by atoms with van der Waals surface area (Å²) in [6.45, 7) is 0. The van der Waals surface area contributed by atoms with E-state index in [-0.39, 0.29) is 0 Å². The average Bonchev–Trinajstić information content (AvgIpc) is 2.37. The van der Waals surface area contributed by atoms with Gasteiger partial charge >= 0.3 is 0 Å². The van der Waals surface area contributed by atoms with Gasteiger partial charge in [-0.05, 0) is 34.1 Å². The van der Waals surface area contributed by atoms with Gasteiger partial charge in [0.05, 0.1) is 29.0 Å². The molecule has 80 valence electrons. The molecular weight excluding hydrogens is 280 g/mol. The molecule has 1 aromatic heterocycles. The smallest absolute Gasteiger partial charge is 0.117 e. The van der Waals surface area contributed by atoms with Crippen LogP contribution < -0.4 is 0 Å². The van der Waals surface area contributed by atoms with Crippen molar-refractivity contribution < 1.29 is 0 Å². The first-order valence-corrected chi connectivity index (χ1v) is 5.46. The van der Waals surface area contributed by atoms with Crippen LogP contribution in [0.4, 0.5) is 0 Å². The van der Waals surface area contributed by atoms with Crippen LogP contribution in [-0.2, 0) is 0 Å². The first-order chi connectivity index (χ1) is 8.26. The molecule has 0 spiro atoms. The van der Waals surface area contributed by atoms with Crippen molar-refractivity contribution in [1.29, 1.82) is 10.5 Å². The zero-order valence-electron chi connectivity index (χ0n) is 8.55. The third-order valence-electron chi connectivity index (χ3n) is 2.20. The van der Waals surface area contributed by atoms with Gasteiger partial charge in [-0.15, -0.1) is 0 Å². The summed E-state index contributed by atoms with van der Waals surface area (Å²) >= 11 is 3.24. The summed E-state index contributed by atoms with van der Waals surface area (Å²) in [6, 6.07) is 10.8. The van der Waals surface area contributed by atoms with Crippen molar-refractivity contribution in [2.45, 2.75) is 0 Å². The molecule has 2 rings (SSSR count). The predicted molar refractivity (Wildman–Crippen MR) is 64.6 cm³/mol. The van der Waals surface area contributed by atoms with Gasteiger partial charge in [-0.2, -0.15) is 10.5 Å². The van der Waals surface area contributed by atoms with Gasteiger partial charge in [-0.25, -0.2) is 9.97 Å². The topological polar surface area (TPSA) is 73.4 Å². The van der Waals surface area contributed by atoms with Gasteiger partial charge in [0, 0.05) is 5.56 Å². The number of hydrogen-bond acceptors (Lipinski definition) is 4. The molecule has 2 aromatic rings. The van der Waals surface area contributed by atoms with E-state index in [1.165, 1.54) is 6.33 Å². The SMILES string of the molecule is N#Cc1cccc(C#N)c1-c1cc(Br)ncn1. The van der Waals surface area contributed by atoms with Gasteiger partial charge in [0.15, 0.2) is 0 Å². The highest BCUT2D eigenvalue weighted by Crippen LogP contribution is 2.26. The molecule has 1 heterocycles. The molecule has 4 nitrogen and oxygen atoms in total. The number of rotatable bonds is 1. The van der Waals surface area contributed by atoms with Crippen LogP contribution in [-0.4, -0.2) is 9.97 Å². The van der Waals surface area contributed by atoms with E-state index in [9.17, 15) is 0 Å². The molecule has 0 unspecified atom stereocenters. The Bertz CT molecular complexity index is 620. The lowest BCUT2D eigenvalue weighted by Gasteiger charge is -2.05. The van der Waals surface area contributed by atoms with Crippen molar-refractivity contribution in [2.75, 3.05) is 0 Å². The zero-order chi connectivity index (χ0) is 12.3. The van der Waals surface area contributed by atoms with Gasteiger partial charge < -0.3 is 0 Å². The van der Waals surface area contributed by atoms with Crippen molar-refractivity contribution in [3.05, 3.63) is 46.3 Å². The van der Waals surface area contributed by atoms with E-state index >= 15 is 0 Å². The van der Waals surface area contributed by atoms with E-state index in [0.29, 0.717) is 27.0 Å². The van der Waals surface area contributed by atoms with Crippen LogP contribution in [0.25, 0.3) is 11.3 Å². The number of nitriles is 2. The Kier molecular flexibility index (Phi) is 3.13. The fourth-order valence-corrected chi connectivity index (χ4v) is 1.79. The Hall–Kier alpha value is -2.24. The van der Waals surface area contributed by atoms with Crippen LogP contribution in [0.15, 0.2) is 35.2 Å². The lowest BCUT2D eigenvalue weighted by molar-refractivity contribution is 1.14. The van der Waals surface area contributed by atoms with Crippen molar-refractivity contribution in [1.82, 2.24) is 9.97 Å². The summed E-state index contributed by atoms with van der Waals surface area (Å²) in [5.74, 6) is 0. The molecule has 0 aliphatic heterocycles. The molecule has 0 aliphatic carbocycles. The minimum Gasteiger partial charge on any atom is -0.236 e. The minimum absolute atomic E-state index is 0.426. The van der Waals surface area contributed by atoms with E-state index in [1.807, 2.05) is 0 Å². The number of halogens is 1. The molecule has 0 radical (unpaired) electrons. The second-order valence-corrected chi connectivity index (χ2v) is 3.99. The molecule has 0 saturated heterocycles. The standard InChI is InChI=1S/C12H5BrN4/c13-11-4-10(16-7-17-11)12-8(5-14)2-1-3-9(12)6-15/h1-4,7H. The maximum atomic E-state index is 9.05. The molecule has 0 N–H and O–H groups in total. The fraction of sp³-hybridized carbons (Fsp3) is 0. The lowest BCUT2D eigenvalue weighted by Crippen LogP contribution is -1.93. The zero-order valence-corrected chi connectivity index (χ0v) is 10.1. The quantitative estimate of drug-likeness (QED) is 0.755. The summed E-state index contributed by atoms with van der Waals surface area (Å²) in [4.78, 5) is 8.00. The molecule has 5 heteroatoms. The second kappa shape index (κ2) is 4.73. The van der Waals surface area contributed by atoms with Crippen molar-refractivity contribution in [2.24, 2.45) is 0 Å². The second-order valence-electron chi connectivity index (χ2n) is 3.18. The molecule has 0 saturated carbocycles. The Morgan fingerprint density at radius 1 is 1.06 bits per heavy atom. The van der Waals surface area contributed by atoms with Crippen LogP contribution >= 0.6 is 15.9 Å². The largest absolute Gasteiger partial charge is 0.236 e. The maximum absolute atomic E-state index is 9.05. The summed E-state index contributed by atoms with van der Waals surface area (Å²) in [5.41, 5.74) is 1.95. The summed E-state index contributed by atoms with van der Waals surface area (Å²) in [6.07, 6.45) is 1.38. The number of aromatic nitrogens is 2. The number of hydrogen-bond donors (Lipinski definition) is 0. The van der Waals surface area contributed by atoms with E-state index in [0.717, 1.165) is 0 Å². The molecule has 0 fully saturated rings. The third-order valence-corrected chi connectivity index (χ3v) is 2.63. The van der Waals surface area contributed by atoms with Crippen molar-refractivity contribution >= 4 is 15.9 Å². The van der Waals surface area contributed by atoms with Gasteiger partial charge in [-0.3, -0.25) is 0 Å². The Morgan fingerprint density at radius 3 is 2.24 bits per heavy atom. The van der Waals surface area contributed by atoms with Crippen LogP contribution in [0.1, 0.15) is 11.1 Å². The van der Waals surface area contributed by atoms with Crippen molar-refractivity contribution in [3.8, 4) is 23.4 Å². The van der Waals surface area contributed by atoms with Crippen LogP contribution in [0.2, 0.25) is 0 Å². The minimum atomic E-state index is 0.426. The van der Waals surface area contributed by atoms with Crippen molar-refractivity contribution in [3.63, 3.8) is 0 Å². The van der Waals surface area contributed by atoms with Gasteiger partial charge in [0.2, 0.25) is 0 Å². The monoisotopic (exact) mass is 284 g/mol. The van der Waals surface area contributed by atoms with E-state index in [2.05, 4.69) is 38.0 Å². The maximum Gasteiger partial charge on any atom is 0.117 e. The van der Waals surface area contributed by atoms with Gasteiger partial charge in [0.1, 0.15) is 10.9 Å². The fourth-order valence-electron chi connectivity index (χ4n) is 1.48. The first kappa shape index (κ1) is 11.3. The molecule has 0 amide bonds. The highest BCUT2D eigenvalue weighted by molar-refractivity contribution is 9.10. The van der Waals surface area contributed by atoms with E-state index in [1.54, 1.807) is 24.3 Å². The highest BCUT2D eigenvalue weighted by Gasteiger charge is 2.12. The van der Waals surface area contributed by atoms with Gasteiger partial charge in [-0.1, -0.05) is 6.07 Å². The Balaban J connectivity index is 2.75. The number of benzene rings is 1. The Morgan fingerprint density at radius 2 is 1.71 bits per heavy atom. The summed E-state index contributed by atoms with van der Waals surface area (Å²) in [5, 5.41) is 18.1. The molecule has 1 aromatic carbocycles. The van der Waals surface area contributed by atoms with Crippen LogP contribution in [0.3, 0.4) is 0 Å². The molecular formula is C12H5BrN4. The van der Waals surface area contributed by atoms with E-state index < -0.39 is 0 Å². The van der Waals surface area contributed by atoms with Gasteiger partial charge in [0.25, 0.3) is 0 Å². The normalized spacial score (nSPS) is 9.35. The molecule has 0 bridgehead atoms. The lowest BCUT2D eigenvalue weighted by atomic mass is 9.99. The van der Waals surface area contributed by atoms with Crippen LogP contribution in [0.5, 0.6) is 0 Å². The van der Waals surface area contributed by atoms with Crippen LogP contribution in [0, 0.1) is 22.7 Å². The molecule has 17 heavy (non-hydrogen) atoms. The summed E-state index contributed by atoms with van der Waals surface area (Å²) < 4.78 is 0.610. The average molecular weight is 285 g/mol. The Labute approximate surface area is 106 Å². The number of nitrogens with zero attached hydrogens (tertiary/aromatic N) is 4. The highest BCUT2D eigenvalue weighted by atomic mass is 79.9. The third kappa shape index (κ3) is 2.15. The molecule has 0 atom stereocenters. The first-order valence-electron chi connectivity index (χ1n) is 4.67. The van der Waals surface area contributed by atoms with E-state index in [4.69, 9.17) is 10.5 Å². The summed E-state index contributed by atoms with van der Waals surface area (Å²) in [7, 11) is 0. The predicted octanol–water partition coefficient (Wildman–Crippen LogP) is 2.65. The molecule has 0 aliphatic rings.